The van der Waals surface area contributed by atoms with Gasteiger partial charge in [-0.25, -0.2) is 19.6 Å². The zero-order valence-electron chi connectivity index (χ0n) is 32.8. The van der Waals surface area contributed by atoms with Gasteiger partial charge in [0.15, 0.2) is 0 Å². The number of fused-ring (bicyclic) bond motifs is 2. The monoisotopic (exact) mass is 772 g/mol. The van der Waals surface area contributed by atoms with Crippen LogP contribution in [-0.4, -0.2) is 97.7 Å². The van der Waals surface area contributed by atoms with Gasteiger partial charge in [0, 0.05) is 38.8 Å². The average molecular weight is 773 g/mol. The summed E-state index contributed by atoms with van der Waals surface area (Å²) in [6.07, 6.45) is 3.71. The maximum absolute atomic E-state index is 13.5. The predicted molar refractivity (Wildman–Crippen MR) is 209 cm³/mol. The van der Waals surface area contributed by atoms with Crippen molar-refractivity contribution in [1.82, 2.24) is 33.8 Å². The van der Waals surface area contributed by atoms with E-state index in [4.69, 9.17) is 30.4 Å². The summed E-state index contributed by atoms with van der Waals surface area (Å²) in [5.74, 6) is -0.597. The van der Waals surface area contributed by atoms with Crippen LogP contribution in [0.2, 0.25) is 0 Å². The molecule has 298 valence electrons. The summed E-state index contributed by atoms with van der Waals surface area (Å²) in [4.78, 5) is 61.2. The second kappa shape index (κ2) is 16.8. The molecule has 0 saturated heterocycles. The number of nitrogens with two attached hydrogens (primary N) is 2. The van der Waals surface area contributed by atoms with Gasteiger partial charge < -0.3 is 44.4 Å². The number of hydrogen-bond donors (Lipinski definition) is 3. The van der Waals surface area contributed by atoms with Gasteiger partial charge in [0.05, 0.1) is 43.1 Å². The highest BCUT2D eigenvalue weighted by Crippen LogP contribution is 2.32. The lowest BCUT2D eigenvalue weighted by molar-refractivity contribution is 0.0291. The minimum absolute atomic E-state index is 0.168. The molecule has 3 heterocycles. The van der Waals surface area contributed by atoms with Crippen molar-refractivity contribution in [3.05, 3.63) is 65.0 Å². The molecule has 0 atom stereocenters. The zero-order valence-corrected chi connectivity index (χ0v) is 32.8. The van der Waals surface area contributed by atoms with Gasteiger partial charge in [-0.2, -0.15) is 5.10 Å². The Labute approximate surface area is 323 Å². The van der Waals surface area contributed by atoms with Crippen molar-refractivity contribution in [2.75, 3.05) is 45.5 Å². The smallest absolute Gasteiger partial charge is 0.410 e. The average Bonchev–Trinajstić information content (AvgIpc) is 3.81. The Morgan fingerprint density at radius 1 is 0.929 bits per heavy atom. The molecule has 0 fully saturated rings. The molecule has 0 saturated carbocycles. The second-order valence-corrected chi connectivity index (χ2v) is 13.9. The number of nitrogens with one attached hydrogen (secondary N) is 1. The van der Waals surface area contributed by atoms with Crippen LogP contribution in [0.4, 0.5) is 16.7 Å². The van der Waals surface area contributed by atoms with Gasteiger partial charge in [-0.1, -0.05) is 12.2 Å². The van der Waals surface area contributed by atoms with Crippen molar-refractivity contribution in [3.8, 4) is 11.5 Å². The third kappa shape index (κ3) is 9.02. The molecular weight excluding hydrogens is 724 g/mol. The Bertz CT molecular complexity index is 2310. The summed E-state index contributed by atoms with van der Waals surface area (Å²) >= 11 is 0. The van der Waals surface area contributed by atoms with Crippen LogP contribution >= 0.6 is 0 Å². The normalized spacial score (nSPS) is 11.6. The number of aryl methyl sites for hydroxylation is 2. The van der Waals surface area contributed by atoms with Gasteiger partial charge in [0.1, 0.15) is 33.8 Å². The summed E-state index contributed by atoms with van der Waals surface area (Å²) in [6, 6.07) is 7.89. The van der Waals surface area contributed by atoms with Crippen LogP contribution in [-0.2, 0) is 29.1 Å². The number of carbonyl (C=O) groups is 4. The molecular formula is C38H48N10O8. The number of carbonyl (C=O) groups excluding carboxylic acids is 4. The third-order valence-corrected chi connectivity index (χ3v) is 8.57. The summed E-state index contributed by atoms with van der Waals surface area (Å²) in [5, 5.41) is 7.28. The maximum Gasteiger partial charge on any atom is 0.410 e. The molecule has 18 heteroatoms. The minimum Gasteiger partial charge on any atom is -0.494 e. The van der Waals surface area contributed by atoms with Crippen molar-refractivity contribution in [3.63, 3.8) is 0 Å². The lowest BCUT2D eigenvalue weighted by Gasteiger charge is -2.24. The Kier molecular flexibility index (Phi) is 12.2. The number of ether oxygens (including phenoxy) is 4. The van der Waals surface area contributed by atoms with Crippen LogP contribution < -0.4 is 26.3 Å². The van der Waals surface area contributed by atoms with Crippen molar-refractivity contribution >= 4 is 57.8 Å². The van der Waals surface area contributed by atoms with E-state index in [1.54, 1.807) is 72.8 Å². The SMILES string of the molecule is CCn1nc(C)cc1C(=O)Nc1nc2cc(C(=O)OC)cc(OC)c2n1CC=CCn1c(N)nc2cc(C(N)=O)cc(OCCCN(C)C(=O)OC(C)(C)C)c21. The molecule has 5 rings (SSSR count). The Hall–Kier alpha value is -6.59. The quantitative estimate of drug-likeness (QED) is 0.0758. The fraction of sp³-hybridized carbons (Fsp3) is 0.395. The fourth-order valence-electron chi connectivity index (χ4n) is 5.99. The highest BCUT2D eigenvalue weighted by atomic mass is 16.6. The molecule has 18 nitrogen and oxygen atoms in total. The molecule has 0 spiro atoms. The fourth-order valence-corrected chi connectivity index (χ4v) is 5.99. The molecule has 0 aliphatic rings. The van der Waals surface area contributed by atoms with E-state index in [0.717, 1.165) is 0 Å². The van der Waals surface area contributed by atoms with E-state index >= 15 is 0 Å². The van der Waals surface area contributed by atoms with E-state index in [-0.39, 0.29) is 42.7 Å². The number of amides is 3. The number of nitrogen functional groups attached to an aromatic ring is 1. The number of anilines is 2. The van der Waals surface area contributed by atoms with Gasteiger partial charge in [0.25, 0.3) is 5.91 Å². The number of nitrogens with zero attached hydrogens (tertiary/aromatic N) is 7. The molecule has 0 bridgehead atoms. The number of rotatable bonds is 15. The second-order valence-electron chi connectivity index (χ2n) is 13.9. The molecule has 5 N–H and O–H groups in total. The van der Waals surface area contributed by atoms with Crippen LogP contribution in [0.5, 0.6) is 11.5 Å². The number of benzene rings is 2. The number of primary amides is 1. The predicted octanol–water partition coefficient (Wildman–Crippen LogP) is 4.53. The van der Waals surface area contributed by atoms with E-state index in [0.29, 0.717) is 64.5 Å². The first-order chi connectivity index (χ1) is 26.5. The van der Waals surface area contributed by atoms with E-state index in [1.807, 2.05) is 19.1 Å². The number of allylic oxidation sites excluding steroid dienone is 2. The number of methoxy groups -OCH3 is 2. The lowest BCUT2D eigenvalue weighted by atomic mass is 10.1. The Morgan fingerprint density at radius 2 is 1.57 bits per heavy atom. The molecule has 3 amide bonds. The molecule has 2 aromatic carbocycles. The number of aromatic nitrogens is 6. The topological polar surface area (TPSA) is 226 Å². The highest BCUT2D eigenvalue weighted by molar-refractivity contribution is 6.04. The van der Waals surface area contributed by atoms with E-state index < -0.39 is 29.5 Å². The van der Waals surface area contributed by atoms with Crippen molar-refractivity contribution < 1.29 is 38.1 Å². The minimum atomic E-state index is -0.659. The molecule has 0 unspecified atom stereocenters. The number of hydrogen-bond acceptors (Lipinski definition) is 12. The number of esters is 1. The van der Waals surface area contributed by atoms with E-state index in [2.05, 4.69) is 20.4 Å². The van der Waals surface area contributed by atoms with Crippen LogP contribution in [0.3, 0.4) is 0 Å². The van der Waals surface area contributed by atoms with Crippen molar-refractivity contribution in [1.29, 1.82) is 0 Å². The van der Waals surface area contributed by atoms with Crippen LogP contribution in [0, 0.1) is 6.92 Å². The summed E-state index contributed by atoms with van der Waals surface area (Å²) in [5.41, 5.74) is 14.7. The summed E-state index contributed by atoms with van der Waals surface area (Å²) in [6.45, 7) is 10.6. The van der Waals surface area contributed by atoms with Crippen LogP contribution in [0.15, 0.2) is 42.5 Å². The van der Waals surface area contributed by atoms with E-state index in [9.17, 15) is 19.2 Å². The van der Waals surface area contributed by atoms with Crippen LogP contribution in [0.25, 0.3) is 22.1 Å². The first kappa shape index (κ1) is 40.6. The third-order valence-electron chi connectivity index (χ3n) is 8.57. The Balaban J connectivity index is 1.43. The first-order valence-corrected chi connectivity index (χ1v) is 17.9. The summed E-state index contributed by atoms with van der Waals surface area (Å²) in [7, 11) is 4.40. The Morgan fingerprint density at radius 3 is 2.21 bits per heavy atom. The molecule has 5 aromatic rings. The molecule has 0 aliphatic carbocycles. The van der Waals surface area contributed by atoms with Crippen LogP contribution in [0.1, 0.15) is 71.0 Å². The van der Waals surface area contributed by atoms with Gasteiger partial charge in [-0.3, -0.25) is 19.6 Å². The van der Waals surface area contributed by atoms with Gasteiger partial charge in [0.2, 0.25) is 17.8 Å². The number of imidazole rings is 2. The lowest BCUT2D eigenvalue weighted by Crippen LogP contribution is -2.35. The molecule has 0 radical (unpaired) electrons. The first-order valence-electron chi connectivity index (χ1n) is 17.9. The standard InChI is InChI=1S/C38H48N10O8/c1-9-48-27(17-22(2)44-48)33(50)43-36-42-26-19-24(34(51)54-8)21-28(53-7)30(26)47(36)15-11-10-14-46-31-25(41-35(46)40)18-23(32(39)49)20-29(31)55-16-12-13-45(6)37(52)56-38(3,4)5/h10-11,17-21H,9,12-16H2,1-8H3,(H2,39,49)(H2,40,41)(H,42,43,50). The summed E-state index contributed by atoms with van der Waals surface area (Å²) < 4.78 is 27.2. The van der Waals surface area contributed by atoms with E-state index in [1.165, 1.54) is 25.2 Å². The van der Waals surface area contributed by atoms with Gasteiger partial charge in [-0.05, 0) is 71.4 Å². The molecule has 3 aromatic heterocycles. The highest BCUT2D eigenvalue weighted by Gasteiger charge is 2.23. The van der Waals surface area contributed by atoms with Crippen molar-refractivity contribution in [2.24, 2.45) is 5.73 Å². The van der Waals surface area contributed by atoms with Crippen molar-refractivity contribution in [2.45, 2.75) is 66.3 Å². The van der Waals surface area contributed by atoms with Gasteiger partial charge >= 0.3 is 12.1 Å². The molecule has 56 heavy (non-hydrogen) atoms. The maximum atomic E-state index is 13.5. The molecule has 0 aliphatic heterocycles. The largest absolute Gasteiger partial charge is 0.494 e. The van der Waals surface area contributed by atoms with Gasteiger partial charge in [-0.15, -0.1) is 0 Å². The zero-order chi connectivity index (χ0) is 40.9.